The summed E-state index contributed by atoms with van der Waals surface area (Å²) in [6.45, 7) is 4.57. The molecule has 0 bridgehead atoms. The third-order valence-corrected chi connectivity index (χ3v) is 3.26. The number of amides is 2. The highest BCUT2D eigenvalue weighted by atomic mass is 16.5. The minimum Gasteiger partial charge on any atom is -0.492 e. The Kier molecular flexibility index (Phi) is 5.74. The third-order valence-electron chi connectivity index (χ3n) is 3.26. The van der Waals surface area contributed by atoms with Gasteiger partial charge in [-0.2, -0.15) is 0 Å². The van der Waals surface area contributed by atoms with Crippen LogP contribution in [0.25, 0.3) is 0 Å². The van der Waals surface area contributed by atoms with Crippen molar-refractivity contribution in [3.05, 3.63) is 54.6 Å². The molecule has 0 aliphatic heterocycles. The lowest BCUT2D eigenvalue weighted by Gasteiger charge is -2.20. The van der Waals surface area contributed by atoms with Crippen LogP contribution in [0.15, 0.2) is 54.6 Å². The molecule has 0 radical (unpaired) electrons. The van der Waals surface area contributed by atoms with Crippen LogP contribution in [0.2, 0.25) is 0 Å². The van der Waals surface area contributed by atoms with Gasteiger partial charge in [0, 0.05) is 12.2 Å². The van der Waals surface area contributed by atoms with E-state index in [-0.39, 0.29) is 0 Å². The molecule has 0 saturated heterocycles. The van der Waals surface area contributed by atoms with Crippen LogP contribution in [0.5, 0.6) is 5.75 Å². The molecule has 23 heavy (non-hydrogen) atoms. The van der Waals surface area contributed by atoms with Crippen LogP contribution in [0.1, 0.15) is 13.8 Å². The summed E-state index contributed by atoms with van der Waals surface area (Å²) in [5, 5.41) is 2.62. The number of likely N-dealkylation sites (N-methyl/N-ethyl adjacent to an activating group) is 1. The van der Waals surface area contributed by atoms with E-state index in [0.29, 0.717) is 30.3 Å². The molecule has 0 spiro atoms. The number of carbonyl (C=O) groups excluding carboxylic acids is 2. The molecule has 0 aliphatic carbocycles. The molecule has 2 rings (SSSR count). The van der Waals surface area contributed by atoms with Crippen molar-refractivity contribution < 1.29 is 14.3 Å². The standard InChI is InChI=1S/C18H20N2O3/c1-3-20(14-10-6-5-7-11-14)18(22)17(21)19-15-12-8-9-13-16(15)23-4-2/h5-13H,3-4H2,1-2H3,(H,19,21). The van der Waals surface area contributed by atoms with E-state index in [0.717, 1.165) is 0 Å². The largest absolute Gasteiger partial charge is 0.492 e. The van der Waals surface area contributed by atoms with E-state index >= 15 is 0 Å². The third kappa shape index (κ3) is 4.10. The summed E-state index contributed by atoms with van der Waals surface area (Å²) in [6.07, 6.45) is 0. The molecule has 0 fully saturated rings. The molecular formula is C18H20N2O3. The second-order valence-corrected chi connectivity index (χ2v) is 4.77. The topological polar surface area (TPSA) is 58.6 Å². The van der Waals surface area contributed by atoms with Gasteiger partial charge in [0.15, 0.2) is 0 Å². The molecule has 2 aromatic carbocycles. The lowest BCUT2D eigenvalue weighted by Crippen LogP contribution is -2.39. The van der Waals surface area contributed by atoms with Crippen molar-refractivity contribution in [2.45, 2.75) is 13.8 Å². The predicted molar refractivity (Wildman–Crippen MR) is 90.7 cm³/mol. The molecule has 0 atom stereocenters. The van der Waals surface area contributed by atoms with E-state index in [1.165, 1.54) is 4.90 Å². The first-order chi connectivity index (χ1) is 11.2. The van der Waals surface area contributed by atoms with Gasteiger partial charge in [0.05, 0.1) is 12.3 Å². The average Bonchev–Trinajstić information content (AvgIpc) is 2.58. The molecule has 2 aromatic rings. The Bertz CT molecular complexity index is 671. The first kappa shape index (κ1) is 16.5. The first-order valence-electron chi connectivity index (χ1n) is 7.57. The molecule has 0 unspecified atom stereocenters. The number of hydrogen-bond acceptors (Lipinski definition) is 3. The molecule has 5 heteroatoms. The highest BCUT2D eigenvalue weighted by molar-refractivity contribution is 6.44. The van der Waals surface area contributed by atoms with Crippen LogP contribution in [0.4, 0.5) is 11.4 Å². The predicted octanol–water partition coefficient (Wildman–Crippen LogP) is 3.08. The lowest BCUT2D eigenvalue weighted by molar-refractivity contribution is -0.134. The van der Waals surface area contributed by atoms with Gasteiger partial charge in [0.2, 0.25) is 0 Å². The number of carbonyl (C=O) groups is 2. The SMILES string of the molecule is CCOc1ccccc1NC(=O)C(=O)N(CC)c1ccccc1. The van der Waals surface area contributed by atoms with Crippen molar-refractivity contribution >= 4 is 23.2 Å². The monoisotopic (exact) mass is 312 g/mol. The fourth-order valence-corrected chi connectivity index (χ4v) is 2.20. The van der Waals surface area contributed by atoms with Gasteiger partial charge < -0.3 is 15.0 Å². The number of benzene rings is 2. The van der Waals surface area contributed by atoms with E-state index in [2.05, 4.69) is 5.32 Å². The number of anilines is 2. The van der Waals surface area contributed by atoms with Crippen molar-refractivity contribution in [2.75, 3.05) is 23.4 Å². The zero-order valence-corrected chi connectivity index (χ0v) is 13.3. The smallest absolute Gasteiger partial charge is 0.316 e. The van der Waals surface area contributed by atoms with E-state index < -0.39 is 11.8 Å². The van der Waals surface area contributed by atoms with Crippen LogP contribution < -0.4 is 15.0 Å². The van der Waals surface area contributed by atoms with Crippen molar-refractivity contribution in [1.29, 1.82) is 0 Å². The molecule has 0 aromatic heterocycles. The maximum atomic E-state index is 12.4. The fraction of sp³-hybridized carbons (Fsp3) is 0.222. The number of para-hydroxylation sites is 3. The van der Waals surface area contributed by atoms with Gasteiger partial charge in [-0.25, -0.2) is 0 Å². The van der Waals surface area contributed by atoms with Gasteiger partial charge in [-0.3, -0.25) is 9.59 Å². The average molecular weight is 312 g/mol. The molecular weight excluding hydrogens is 292 g/mol. The van der Waals surface area contributed by atoms with Crippen molar-refractivity contribution in [3.8, 4) is 5.75 Å². The summed E-state index contributed by atoms with van der Waals surface area (Å²) < 4.78 is 5.45. The van der Waals surface area contributed by atoms with E-state index in [1.54, 1.807) is 30.3 Å². The van der Waals surface area contributed by atoms with Crippen molar-refractivity contribution in [1.82, 2.24) is 0 Å². The number of rotatable bonds is 5. The van der Waals surface area contributed by atoms with Crippen LogP contribution in [-0.2, 0) is 9.59 Å². The number of ether oxygens (including phenoxy) is 1. The zero-order valence-electron chi connectivity index (χ0n) is 13.3. The Morgan fingerprint density at radius 1 is 1.00 bits per heavy atom. The molecule has 120 valence electrons. The molecule has 0 aliphatic rings. The summed E-state index contributed by atoms with van der Waals surface area (Å²) in [5.74, 6) is -0.758. The fourth-order valence-electron chi connectivity index (χ4n) is 2.20. The van der Waals surface area contributed by atoms with E-state index in [9.17, 15) is 9.59 Å². The summed E-state index contributed by atoms with van der Waals surface area (Å²) >= 11 is 0. The highest BCUT2D eigenvalue weighted by Crippen LogP contribution is 2.24. The maximum absolute atomic E-state index is 12.4. The van der Waals surface area contributed by atoms with Crippen LogP contribution in [-0.4, -0.2) is 25.0 Å². The van der Waals surface area contributed by atoms with Crippen LogP contribution >= 0.6 is 0 Å². The molecule has 5 nitrogen and oxygen atoms in total. The highest BCUT2D eigenvalue weighted by Gasteiger charge is 2.22. The summed E-state index contributed by atoms with van der Waals surface area (Å²) in [5.41, 5.74) is 1.17. The summed E-state index contributed by atoms with van der Waals surface area (Å²) in [6, 6.07) is 16.1. The Balaban J connectivity index is 2.15. The van der Waals surface area contributed by atoms with Gasteiger partial charge in [-0.15, -0.1) is 0 Å². The van der Waals surface area contributed by atoms with Crippen molar-refractivity contribution in [2.24, 2.45) is 0 Å². The molecule has 2 amide bonds. The van der Waals surface area contributed by atoms with Gasteiger partial charge in [0.25, 0.3) is 0 Å². The summed E-state index contributed by atoms with van der Waals surface area (Å²) in [7, 11) is 0. The zero-order chi connectivity index (χ0) is 16.7. The maximum Gasteiger partial charge on any atom is 0.316 e. The van der Waals surface area contributed by atoms with Gasteiger partial charge in [-0.1, -0.05) is 30.3 Å². The van der Waals surface area contributed by atoms with Crippen molar-refractivity contribution in [3.63, 3.8) is 0 Å². The van der Waals surface area contributed by atoms with E-state index in [4.69, 9.17) is 4.74 Å². The molecule has 0 heterocycles. The second kappa shape index (κ2) is 7.98. The Morgan fingerprint density at radius 2 is 1.65 bits per heavy atom. The number of hydrogen-bond donors (Lipinski definition) is 1. The number of nitrogens with one attached hydrogen (secondary N) is 1. The quantitative estimate of drug-likeness (QED) is 0.863. The minimum absolute atomic E-state index is 0.406. The molecule has 1 N–H and O–H groups in total. The normalized spacial score (nSPS) is 10.0. The molecule has 0 saturated carbocycles. The van der Waals surface area contributed by atoms with Crippen LogP contribution in [0, 0.1) is 0 Å². The second-order valence-electron chi connectivity index (χ2n) is 4.77. The van der Waals surface area contributed by atoms with Gasteiger partial charge >= 0.3 is 11.8 Å². The Morgan fingerprint density at radius 3 is 2.30 bits per heavy atom. The minimum atomic E-state index is -0.692. The first-order valence-corrected chi connectivity index (χ1v) is 7.57. The van der Waals surface area contributed by atoms with Gasteiger partial charge in [0.1, 0.15) is 5.75 Å². The van der Waals surface area contributed by atoms with E-state index in [1.807, 2.05) is 38.1 Å². The van der Waals surface area contributed by atoms with Crippen LogP contribution in [0.3, 0.4) is 0 Å². The van der Waals surface area contributed by atoms with Gasteiger partial charge in [-0.05, 0) is 38.1 Å². The Labute approximate surface area is 135 Å². The number of nitrogens with zero attached hydrogens (tertiary/aromatic N) is 1. The lowest BCUT2D eigenvalue weighted by atomic mass is 10.2. The summed E-state index contributed by atoms with van der Waals surface area (Å²) in [4.78, 5) is 26.1. The Hall–Kier alpha value is -2.82.